The van der Waals surface area contributed by atoms with Crippen LogP contribution in [-0.2, 0) is 9.59 Å². The van der Waals surface area contributed by atoms with Crippen LogP contribution in [0.3, 0.4) is 0 Å². The number of Topliss-reactive ketones (excluding diaryl/α,β-unsaturated/α-hetero) is 1. The van der Waals surface area contributed by atoms with Gasteiger partial charge in [-0.1, -0.05) is 25.1 Å². The molecule has 1 saturated heterocycles. The Morgan fingerprint density at radius 1 is 1.19 bits per heavy atom. The number of aryl methyl sites for hydroxylation is 1. The number of rotatable bonds is 5. The normalized spacial score (nSPS) is 23.2. The number of carbonyl (C=O) groups is 3. The van der Waals surface area contributed by atoms with Crippen molar-refractivity contribution < 1.29 is 14.4 Å². The third-order valence-electron chi connectivity index (χ3n) is 6.43. The van der Waals surface area contributed by atoms with E-state index < -0.39 is 18.0 Å². The Balaban J connectivity index is 1.44. The van der Waals surface area contributed by atoms with Crippen molar-refractivity contribution in [1.82, 2.24) is 25.4 Å². The molecule has 3 unspecified atom stereocenters. The molecule has 1 aliphatic heterocycles. The van der Waals surface area contributed by atoms with Crippen LogP contribution >= 0.6 is 0 Å². The minimum atomic E-state index is -0.745. The van der Waals surface area contributed by atoms with Gasteiger partial charge >= 0.3 is 0 Å². The minimum absolute atomic E-state index is 0.0682. The van der Waals surface area contributed by atoms with Crippen molar-refractivity contribution in [3.05, 3.63) is 47.3 Å². The van der Waals surface area contributed by atoms with Crippen LogP contribution in [0.4, 0.5) is 5.82 Å². The minimum Gasteiger partial charge on any atom is -0.358 e. The lowest BCUT2D eigenvalue weighted by molar-refractivity contribution is -0.130. The Labute approximate surface area is 184 Å². The van der Waals surface area contributed by atoms with E-state index in [2.05, 4.69) is 26.0 Å². The Bertz CT molecular complexity index is 1240. The summed E-state index contributed by atoms with van der Waals surface area (Å²) in [5, 5.41) is 14.3. The van der Waals surface area contributed by atoms with Crippen molar-refractivity contribution in [2.45, 2.75) is 51.9 Å². The fraction of sp³-hybridized carbons (Fsp3) is 0.391. The predicted octanol–water partition coefficient (Wildman–Crippen LogP) is 2.57. The maximum absolute atomic E-state index is 13.1. The molecule has 166 valence electrons. The van der Waals surface area contributed by atoms with Crippen LogP contribution in [0.15, 0.2) is 30.3 Å². The zero-order valence-electron chi connectivity index (χ0n) is 18.2. The molecule has 2 amide bonds. The van der Waals surface area contributed by atoms with Gasteiger partial charge in [0.25, 0.3) is 11.7 Å². The Kier molecular flexibility index (Phi) is 4.85. The van der Waals surface area contributed by atoms with E-state index >= 15 is 0 Å². The maximum Gasteiger partial charge on any atom is 0.298 e. The molecule has 0 bridgehead atoms. The largest absolute Gasteiger partial charge is 0.358 e. The molecule has 9 nitrogen and oxygen atoms in total. The van der Waals surface area contributed by atoms with Crippen LogP contribution in [-0.4, -0.2) is 38.4 Å². The van der Waals surface area contributed by atoms with E-state index in [-0.39, 0.29) is 17.9 Å². The molecule has 3 heterocycles. The second kappa shape index (κ2) is 7.59. The smallest absolute Gasteiger partial charge is 0.298 e. The first kappa shape index (κ1) is 20.4. The first-order valence-corrected chi connectivity index (χ1v) is 10.9. The molecular formula is C23H26N6O3. The lowest BCUT2D eigenvalue weighted by Crippen LogP contribution is -2.57. The third kappa shape index (κ3) is 3.48. The number of hydrogen-bond donors (Lipinski definition) is 4. The van der Waals surface area contributed by atoms with E-state index in [1.165, 1.54) is 0 Å². The van der Waals surface area contributed by atoms with E-state index in [4.69, 9.17) is 0 Å². The summed E-state index contributed by atoms with van der Waals surface area (Å²) in [6.07, 6.45) is 1.47. The van der Waals surface area contributed by atoms with E-state index in [1.54, 1.807) is 17.7 Å². The summed E-state index contributed by atoms with van der Waals surface area (Å²) in [5.41, 5.74) is 2.65. The van der Waals surface area contributed by atoms with Gasteiger partial charge in [0.1, 0.15) is 5.82 Å². The van der Waals surface area contributed by atoms with Gasteiger partial charge < -0.3 is 15.6 Å². The number of carbonyl (C=O) groups excluding carboxylic acids is 3. The molecule has 5 rings (SSSR count). The van der Waals surface area contributed by atoms with Gasteiger partial charge in [0.2, 0.25) is 5.91 Å². The highest BCUT2D eigenvalue weighted by Gasteiger charge is 2.35. The quantitative estimate of drug-likeness (QED) is 0.363. The zero-order valence-corrected chi connectivity index (χ0v) is 18.2. The summed E-state index contributed by atoms with van der Waals surface area (Å²) in [6, 6.07) is 9.12. The van der Waals surface area contributed by atoms with Crippen LogP contribution in [0.25, 0.3) is 10.9 Å². The Morgan fingerprint density at radius 2 is 1.94 bits per heavy atom. The van der Waals surface area contributed by atoms with E-state index in [1.807, 2.05) is 38.1 Å². The molecule has 1 aliphatic carbocycles. The van der Waals surface area contributed by atoms with Gasteiger partial charge in [0.15, 0.2) is 6.29 Å². The number of amides is 2. The lowest BCUT2D eigenvalue weighted by atomic mass is 10.0. The van der Waals surface area contributed by atoms with Gasteiger partial charge in [-0.05, 0) is 32.8 Å². The highest BCUT2D eigenvalue weighted by Crippen LogP contribution is 2.40. The van der Waals surface area contributed by atoms with Crippen molar-refractivity contribution in [3.63, 3.8) is 0 Å². The summed E-state index contributed by atoms with van der Waals surface area (Å²) in [6.45, 7) is 5.57. The molecule has 0 radical (unpaired) electrons. The molecule has 3 atom stereocenters. The van der Waals surface area contributed by atoms with Crippen LogP contribution < -0.4 is 16.0 Å². The van der Waals surface area contributed by atoms with Gasteiger partial charge in [-0.2, -0.15) is 5.10 Å². The molecule has 2 aliphatic rings. The van der Waals surface area contributed by atoms with Crippen LogP contribution in [0.5, 0.6) is 0 Å². The highest BCUT2D eigenvalue weighted by molar-refractivity contribution is 6.48. The average molecular weight is 435 g/mol. The molecule has 0 spiro atoms. The maximum atomic E-state index is 13.1. The number of anilines is 1. The molecule has 1 saturated carbocycles. The molecule has 1 aromatic carbocycles. The van der Waals surface area contributed by atoms with Crippen LogP contribution in [0.2, 0.25) is 0 Å². The first-order chi connectivity index (χ1) is 15.3. The van der Waals surface area contributed by atoms with Gasteiger partial charge in [0.05, 0.1) is 17.2 Å². The summed E-state index contributed by atoms with van der Waals surface area (Å²) >= 11 is 0. The number of nitrogens with one attached hydrogen (secondary N) is 4. The second-order valence-electron chi connectivity index (χ2n) is 8.78. The summed E-state index contributed by atoms with van der Waals surface area (Å²) in [5.74, 6) is -0.925. The molecule has 4 N–H and O–H groups in total. The fourth-order valence-corrected chi connectivity index (χ4v) is 4.20. The number of para-hydroxylation sites is 1. The van der Waals surface area contributed by atoms with Crippen molar-refractivity contribution in [2.75, 3.05) is 5.32 Å². The number of ketones is 1. The molecule has 9 heteroatoms. The predicted molar refractivity (Wildman–Crippen MR) is 119 cm³/mol. The molecular weight excluding hydrogens is 408 g/mol. The number of aromatic amines is 1. The zero-order chi connectivity index (χ0) is 22.6. The second-order valence-corrected chi connectivity index (χ2v) is 8.78. The third-order valence-corrected chi connectivity index (χ3v) is 6.43. The van der Waals surface area contributed by atoms with Gasteiger partial charge in [-0.15, -0.1) is 0 Å². The number of hydrogen-bond acceptors (Lipinski definition) is 5. The van der Waals surface area contributed by atoms with Crippen molar-refractivity contribution in [3.8, 4) is 0 Å². The van der Waals surface area contributed by atoms with Crippen molar-refractivity contribution >= 4 is 34.3 Å². The van der Waals surface area contributed by atoms with Gasteiger partial charge in [0, 0.05) is 34.6 Å². The van der Waals surface area contributed by atoms with Gasteiger partial charge in [-0.25, -0.2) is 4.68 Å². The van der Waals surface area contributed by atoms with E-state index in [0.717, 1.165) is 24.1 Å². The Morgan fingerprint density at radius 3 is 2.66 bits per heavy atom. The first-order valence-electron chi connectivity index (χ1n) is 10.9. The summed E-state index contributed by atoms with van der Waals surface area (Å²) in [7, 11) is 0. The van der Waals surface area contributed by atoms with Crippen LogP contribution in [0.1, 0.15) is 60.6 Å². The molecule has 2 fully saturated rings. The van der Waals surface area contributed by atoms with Gasteiger partial charge in [-0.3, -0.25) is 19.7 Å². The summed E-state index contributed by atoms with van der Waals surface area (Å²) < 4.78 is 1.56. The van der Waals surface area contributed by atoms with Crippen molar-refractivity contribution in [2.24, 2.45) is 5.92 Å². The SMILES string of the molecule is Cc1[nH]c2ccccc2c1C(=O)C(=O)Nc1cc(C2CC2)nn1C1NC(=O)C(C)C(C)N1. The summed E-state index contributed by atoms with van der Waals surface area (Å²) in [4.78, 5) is 41.6. The molecule has 32 heavy (non-hydrogen) atoms. The molecule has 3 aromatic rings. The number of fused-ring (bicyclic) bond motifs is 1. The highest BCUT2D eigenvalue weighted by atomic mass is 16.2. The lowest BCUT2D eigenvalue weighted by Gasteiger charge is -2.34. The average Bonchev–Trinajstić information content (AvgIpc) is 3.44. The Hall–Kier alpha value is -3.46. The van der Waals surface area contributed by atoms with E-state index in [9.17, 15) is 14.4 Å². The number of nitrogens with zero attached hydrogens (tertiary/aromatic N) is 2. The van der Waals surface area contributed by atoms with Crippen molar-refractivity contribution in [1.29, 1.82) is 0 Å². The monoisotopic (exact) mass is 434 g/mol. The number of benzene rings is 1. The van der Waals surface area contributed by atoms with E-state index in [0.29, 0.717) is 28.4 Å². The molecule has 2 aromatic heterocycles. The number of aromatic nitrogens is 3. The number of H-pyrrole nitrogens is 1. The standard InChI is InChI=1S/C23H26N6O3/c1-11-12(2)25-23(27-21(11)31)29-18(10-17(28-29)14-8-9-14)26-22(32)20(30)19-13(3)24-16-7-5-4-6-15(16)19/h4-7,10-12,14,23-25H,8-9H2,1-3H3,(H,26,32)(H,27,31). The topological polar surface area (TPSA) is 121 Å². The van der Waals surface area contributed by atoms with Crippen LogP contribution in [0, 0.1) is 12.8 Å². The fourth-order valence-electron chi connectivity index (χ4n) is 4.20.